The number of aromatic nitrogens is 1. The van der Waals surface area contributed by atoms with E-state index in [1.165, 1.54) is 0 Å². The summed E-state index contributed by atoms with van der Waals surface area (Å²) in [7, 11) is 0. The van der Waals surface area contributed by atoms with E-state index in [0.29, 0.717) is 11.3 Å². The van der Waals surface area contributed by atoms with E-state index in [1.54, 1.807) is 19.3 Å². The zero-order chi connectivity index (χ0) is 15.3. The maximum atomic E-state index is 12.0. The number of hydrogen-bond acceptors (Lipinski definition) is 5. The third-order valence-electron chi connectivity index (χ3n) is 4.26. The van der Waals surface area contributed by atoms with E-state index in [1.807, 2.05) is 24.3 Å². The van der Waals surface area contributed by atoms with Gasteiger partial charge in [0, 0.05) is 23.6 Å². The third-order valence-corrected chi connectivity index (χ3v) is 4.26. The Hall–Kier alpha value is -3.07. The Kier molecular flexibility index (Phi) is 2.42. The van der Waals surface area contributed by atoms with Crippen molar-refractivity contribution in [1.82, 2.24) is 4.98 Å². The molecule has 6 nitrogen and oxygen atoms in total. The fraction of sp³-hybridized carbons (Fsp3) is 0.188. The number of carbonyl (C=O) groups is 1. The molecule has 0 aliphatic carbocycles. The van der Waals surface area contributed by atoms with Crippen molar-refractivity contribution in [2.45, 2.75) is 18.5 Å². The summed E-state index contributed by atoms with van der Waals surface area (Å²) in [5.74, 6) is -0.278. The van der Waals surface area contributed by atoms with Gasteiger partial charge in [0.25, 0.3) is 0 Å². The number of rotatable bonds is 1. The topological polar surface area (TPSA) is 89.8 Å². The molecule has 4 rings (SSSR count). The van der Waals surface area contributed by atoms with Crippen LogP contribution in [-0.4, -0.2) is 10.9 Å². The van der Waals surface area contributed by atoms with Crippen LogP contribution in [0.5, 0.6) is 0 Å². The molecule has 2 aliphatic rings. The van der Waals surface area contributed by atoms with E-state index in [4.69, 9.17) is 0 Å². The molecule has 0 spiro atoms. The summed E-state index contributed by atoms with van der Waals surface area (Å²) in [5.41, 5.74) is 3.13. The Morgan fingerprint density at radius 3 is 2.55 bits per heavy atom. The quantitative estimate of drug-likeness (QED) is 0.750. The van der Waals surface area contributed by atoms with Crippen LogP contribution in [0.4, 0.5) is 17.1 Å². The van der Waals surface area contributed by atoms with Crippen molar-refractivity contribution in [3.63, 3.8) is 0 Å². The summed E-state index contributed by atoms with van der Waals surface area (Å²) in [5, 5.41) is 18.9. The number of hydrogen-bond donors (Lipinski definition) is 3. The van der Waals surface area contributed by atoms with Gasteiger partial charge in [0.1, 0.15) is 6.17 Å². The minimum Gasteiger partial charge on any atom is -0.360 e. The highest BCUT2D eigenvalue weighted by molar-refractivity contribution is 6.09. The first-order chi connectivity index (χ1) is 10.6. The lowest BCUT2D eigenvalue weighted by atomic mass is 9.85. The first-order valence-corrected chi connectivity index (χ1v) is 6.96. The number of pyridine rings is 1. The van der Waals surface area contributed by atoms with E-state index in [0.717, 1.165) is 16.9 Å². The second kappa shape index (κ2) is 4.21. The first kappa shape index (κ1) is 12.7. The van der Waals surface area contributed by atoms with Crippen LogP contribution in [0, 0.1) is 11.3 Å². The molecule has 108 valence electrons. The van der Waals surface area contributed by atoms with Crippen molar-refractivity contribution in [2.75, 3.05) is 16.0 Å². The van der Waals surface area contributed by atoms with E-state index in [2.05, 4.69) is 27.0 Å². The van der Waals surface area contributed by atoms with Crippen LogP contribution in [-0.2, 0) is 10.2 Å². The lowest BCUT2D eigenvalue weighted by Gasteiger charge is -2.13. The molecule has 0 saturated carbocycles. The number of fused-ring (bicyclic) bond motifs is 2. The molecular formula is C16H13N5O. The predicted molar refractivity (Wildman–Crippen MR) is 82.3 cm³/mol. The highest BCUT2D eigenvalue weighted by Crippen LogP contribution is 2.45. The Morgan fingerprint density at radius 2 is 1.86 bits per heavy atom. The van der Waals surface area contributed by atoms with Gasteiger partial charge in [-0.3, -0.25) is 9.78 Å². The van der Waals surface area contributed by atoms with Gasteiger partial charge in [-0.1, -0.05) is 0 Å². The van der Waals surface area contributed by atoms with Crippen molar-refractivity contribution in [1.29, 1.82) is 5.26 Å². The van der Waals surface area contributed by atoms with Gasteiger partial charge in [-0.2, -0.15) is 5.26 Å². The average molecular weight is 291 g/mol. The fourth-order valence-corrected chi connectivity index (χ4v) is 2.91. The van der Waals surface area contributed by atoms with Gasteiger partial charge >= 0.3 is 0 Å². The van der Waals surface area contributed by atoms with E-state index in [9.17, 15) is 10.1 Å². The van der Waals surface area contributed by atoms with Gasteiger partial charge in [0.15, 0.2) is 5.41 Å². The molecule has 1 aromatic heterocycles. The van der Waals surface area contributed by atoms with Crippen LogP contribution in [0.25, 0.3) is 0 Å². The number of nitrogens with zero attached hydrogens (tertiary/aromatic N) is 2. The third kappa shape index (κ3) is 1.59. The molecule has 22 heavy (non-hydrogen) atoms. The van der Waals surface area contributed by atoms with Crippen LogP contribution >= 0.6 is 0 Å². The SMILES string of the molecule is CC1(C#N)C(=O)Nc2cc3c(cc21)NC(c1ccncc1)N3. The molecule has 2 aliphatic heterocycles. The molecule has 3 heterocycles. The number of carbonyl (C=O) groups excluding carboxylic acids is 1. The molecule has 0 bridgehead atoms. The molecule has 0 radical (unpaired) electrons. The summed E-state index contributed by atoms with van der Waals surface area (Å²) in [6, 6.07) is 9.73. The van der Waals surface area contributed by atoms with E-state index in [-0.39, 0.29) is 12.1 Å². The Bertz CT molecular complexity index is 826. The van der Waals surface area contributed by atoms with Crippen LogP contribution in [0.2, 0.25) is 0 Å². The Morgan fingerprint density at radius 1 is 1.18 bits per heavy atom. The molecule has 0 saturated heterocycles. The molecular weight excluding hydrogens is 278 g/mol. The second-order valence-electron chi connectivity index (χ2n) is 5.64. The van der Waals surface area contributed by atoms with Crippen molar-refractivity contribution in [3.05, 3.63) is 47.8 Å². The van der Waals surface area contributed by atoms with Gasteiger partial charge in [0.05, 0.1) is 17.4 Å². The van der Waals surface area contributed by atoms with Gasteiger partial charge < -0.3 is 16.0 Å². The molecule has 0 fully saturated rings. The van der Waals surface area contributed by atoms with Crippen molar-refractivity contribution >= 4 is 23.0 Å². The minimum atomic E-state index is -1.14. The van der Waals surface area contributed by atoms with Crippen molar-refractivity contribution in [2.24, 2.45) is 0 Å². The molecule has 1 amide bonds. The summed E-state index contributed by atoms with van der Waals surface area (Å²) in [4.78, 5) is 16.0. The maximum absolute atomic E-state index is 12.0. The lowest BCUT2D eigenvalue weighted by Crippen LogP contribution is -2.28. The lowest BCUT2D eigenvalue weighted by molar-refractivity contribution is -0.118. The number of nitriles is 1. The standard InChI is InChI=1S/C16H13N5O/c1-16(8-17)10-6-12-13(7-11(10)21-15(16)22)20-14(19-12)9-2-4-18-5-3-9/h2-7,14,19-20H,1H3,(H,21,22). The average Bonchev–Trinajstić information content (AvgIpc) is 3.06. The highest BCUT2D eigenvalue weighted by Gasteiger charge is 2.44. The highest BCUT2D eigenvalue weighted by atomic mass is 16.2. The maximum Gasteiger partial charge on any atom is 0.249 e. The summed E-state index contributed by atoms with van der Waals surface area (Å²) >= 11 is 0. The fourth-order valence-electron chi connectivity index (χ4n) is 2.91. The van der Waals surface area contributed by atoms with Crippen LogP contribution in [0.15, 0.2) is 36.7 Å². The van der Waals surface area contributed by atoms with Gasteiger partial charge in [-0.15, -0.1) is 0 Å². The van der Waals surface area contributed by atoms with Crippen molar-refractivity contribution in [3.8, 4) is 6.07 Å². The molecule has 2 aromatic rings. The molecule has 3 N–H and O–H groups in total. The van der Waals surface area contributed by atoms with Gasteiger partial charge in [-0.25, -0.2) is 0 Å². The molecule has 1 aromatic carbocycles. The number of anilines is 3. The Labute approximate surface area is 127 Å². The predicted octanol–water partition coefficient (Wildman–Crippen LogP) is 2.35. The van der Waals surface area contributed by atoms with Gasteiger partial charge in [0.2, 0.25) is 5.91 Å². The smallest absolute Gasteiger partial charge is 0.249 e. The van der Waals surface area contributed by atoms with Gasteiger partial charge in [-0.05, 0) is 36.8 Å². The Balaban J connectivity index is 1.74. The first-order valence-electron chi connectivity index (χ1n) is 6.96. The molecule has 6 heteroatoms. The molecule has 2 unspecified atom stereocenters. The summed E-state index contributed by atoms with van der Waals surface area (Å²) < 4.78 is 0. The number of amides is 1. The zero-order valence-electron chi connectivity index (χ0n) is 11.8. The van der Waals surface area contributed by atoms with E-state index < -0.39 is 5.41 Å². The largest absolute Gasteiger partial charge is 0.360 e. The number of nitrogens with one attached hydrogen (secondary N) is 3. The van der Waals surface area contributed by atoms with E-state index >= 15 is 0 Å². The normalized spacial score (nSPS) is 24.5. The van der Waals surface area contributed by atoms with Crippen LogP contribution in [0.1, 0.15) is 24.2 Å². The van der Waals surface area contributed by atoms with Crippen LogP contribution in [0.3, 0.4) is 0 Å². The molecule has 2 atom stereocenters. The summed E-state index contributed by atoms with van der Waals surface area (Å²) in [6.45, 7) is 1.64. The minimum absolute atomic E-state index is 0.0513. The second-order valence-corrected chi connectivity index (χ2v) is 5.64. The van der Waals surface area contributed by atoms with Crippen LogP contribution < -0.4 is 16.0 Å². The zero-order valence-corrected chi connectivity index (χ0v) is 11.8. The monoisotopic (exact) mass is 291 g/mol. The summed E-state index contributed by atoms with van der Waals surface area (Å²) in [6.07, 6.45) is 3.44. The number of benzene rings is 1. The van der Waals surface area contributed by atoms with Crippen molar-refractivity contribution < 1.29 is 4.79 Å².